The Hall–Kier alpha value is -1.38. The minimum atomic E-state index is -0.205. The zero-order chi connectivity index (χ0) is 13.2. The fourth-order valence-corrected chi connectivity index (χ4v) is 3.63. The third-order valence-corrected chi connectivity index (χ3v) is 4.90. The number of aromatic nitrogens is 1. The van der Waals surface area contributed by atoms with Gasteiger partial charge in [-0.3, -0.25) is 0 Å². The summed E-state index contributed by atoms with van der Waals surface area (Å²) in [6.07, 6.45) is 2.27. The summed E-state index contributed by atoms with van der Waals surface area (Å²) in [5.74, 6) is 2.99. The topological polar surface area (TPSA) is 24.9 Å². The van der Waals surface area contributed by atoms with Gasteiger partial charge in [-0.15, -0.1) is 0 Å². The number of fused-ring (bicyclic) bond motifs is 1. The average molecular weight is 321 g/mol. The minimum absolute atomic E-state index is 0.205. The Labute approximate surface area is 118 Å². The van der Waals surface area contributed by atoms with E-state index in [9.17, 15) is 4.39 Å². The first-order chi connectivity index (χ1) is 9.28. The standard InChI is InChI=1S/C15H15FN2Se/c1-19-13-9-11-3-2-8-17-15(11)18-14(13)10-4-6-12(16)7-5-10/h4-7,9H,2-3,8H2,1H3,(H,17,18). The van der Waals surface area contributed by atoms with Gasteiger partial charge in [-0.1, -0.05) is 0 Å². The number of hydrogen-bond donors (Lipinski definition) is 1. The molecule has 0 unspecified atom stereocenters. The van der Waals surface area contributed by atoms with Crippen molar-refractivity contribution in [3.63, 3.8) is 0 Å². The van der Waals surface area contributed by atoms with Crippen LogP contribution in [0.3, 0.4) is 0 Å². The van der Waals surface area contributed by atoms with E-state index in [1.54, 1.807) is 0 Å². The fourth-order valence-electron chi connectivity index (χ4n) is 2.33. The predicted molar refractivity (Wildman–Crippen MR) is 77.7 cm³/mol. The van der Waals surface area contributed by atoms with E-state index < -0.39 is 0 Å². The first-order valence-corrected chi connectivity index (χ1v) is 8.92. The summed E-state index contributed by atoms with van der Waals surface area (Å²) in [6.45, 7) is 0.986. The van der Waals surface area contributed by atoms with Crippen molar-refractivity contribution in [2.24, 2.45) is 0 Å². The molecule has 2 nitrogen and oxygen atoms in total. The maximum atomic E-state index is 13.0. The Balaban J connectivity index is 2.11. The SMILES string of the molecule is C[Se]c1cc2c(nc1-c1ccc(F)cc1)NCCC2. The molecule has 0 fully saturated rings. The zero-order valence-corrected chi connectivity index (χ0v) is 12.5. The van der Waals surface area contributed by atoms with Gasteiger partial charge in [-0.2, -0.15) is 0 Å². The molecule has 0 aliphatic carbocycles. The third-order valence-electron chi connectivity index (χ3n) is 3.32. The number of benzene rings is 1. The molecule has 2 aromatic rings. The van der Waals surface area contributed by atoms with Gasteiger partial charge in [0.25, 0.3) is 0 Å². The van der Waals surface area contributed by atoms with Crippen LogP contribution in [0.4, 0.5) is 10.2 Å². The molecule has 3 rings (SSSR count). The number of aryl methyl sites for hydroxylation is 1. The van der Waals surface area contributed by atoms with Crippen molar-refractivity contribution in [1.29, 1.82) is 0 Å². The molecular weight excluding hydrogens is 306 g/mol. The van der Waals surface area contributed by atoms with Gasteiger partial charge in [0, 0.05) is 0 Å². The molecule has 1 aliphatic rings. The summed E-state index contributed by atoms with van der Waals surface area (Å²) in [7, 11) is 0. The number of rotatable bonds is 2. The van der Waals surface area contributed by atoms with Gasteiger partial charge in [-0.25, -0.2) is 0 Å². The molecule has 0 radical (unpaired) electrons. The van der Waals surface area contributed by atoms with Crippen molar-refractivity contribution >= 4 is 25.2 Å². The van der Waals surface area contributed by atoms with E-state index in [2.05, 4.69) is 17.2 Å². The van der Waals surface area contributed by atoms with E-state index >= 15 is 0 Å². The van der Waals surface area contributed by atoms with Gasteiger partial charge in [0.1, 0.15) is 0 Å². The predicted octanol–water partition coefficient (Wildman–Crippen LogP) is 2.62. The summed E-state index contributed by atoms with van der Waals surface area (Å²) >= 11 is 0.378. The number of nitrogens with one attached hydrogen (secondary N) is 1. The molecule has 19 heavy (non-hydrogen) atoms. The van der Waals surface area contributed by atoms with Crippen molar-refractivity contribution in [3.05, 3.63) is 41.7 Å². The zero-order valence-electron chi connectivity index (χ0n) is 10.7. The van der Waals surface area contributed by atoms with E-state index in [0.717, 1.165) is 30.0 Å². The molecule has 4 heteroatoms. The molecule has 0 bridgehead atoms. The molecule has 0 saturated heterocycles. The van der Waals surface area contributed by atoms with Gasteiger partial charge in [-0.05, 0) is 0 Å². The van der Waals surface area contributed by atoms with Crippen molar-refractivity contribution < 1.29 is 4.39 Å². The molecule has 0 saturated carbocycles. The molecular formula is C15H15FN2Se. The summed E-state index contributed by atoms with van der Waals surface area (Å²) in [5.41, 5.74) is 3.31. The van der Waals surface area contributed by atoms with E-state index in [4.69, 9.17) is 4.98 Å². The van der Waals surface area contributed by atoms with Crippen LogP contribution >= 0.6 is 0 Å². The number of hydrogen-bond acceptors (Lipinski definition) is 2. The number of halogens is 1. The van der Waals surface area contributed by atoms with Crippen LogP contribution in [-0.2, 0) is 6.42 Å². The van der Waals surface area contributed by atoms with Crippen LogP contribution < -0.4 is 9.78 Å². The molecule has 0 spiro atoms. The van der Waals surface area contributed by atoms with E-state index in [-0.39, 0.29) is 5.82 Å². The summed E-state index contributed by atoms with van der Waals surface area (Å²) < 4.78 is 14.3. The number of pyridine rings is 1. The second kappa shape index (κ2) is 5.32. The van der Waals surface area contributed by atoms with Gasteiger partial charge in [0.15, 0.2) is 0 Å². The molecule has 0 atom stereocenters. The third kappa shape index (κ3) is 2.51. The van der Waals surface area contributed by atoms with E-state index in [1.807, 2.05) is 12.1 Å². The Bertz CT molecular complexity index is 596. The first-order valence-electron chi connectivity index (χ1n) is 6.35. The van der Waals surface area contributed by atoms with Gasteiger partial charge in [0.2, 0.25) is 0 Å². The monoisotopic (exact) mass is 322 g/mol. The molecule has 98 valence electrons. The Morgan fingerprint density at radius 2 is 2.05 bits per heavy atom. The average Bonchev–Trinajstić information content (AvgIpc) is 2.46. The molecule has 1 aromatic carbocycles. The van der Waals surface area contributed by atoms with Crippen molar-refractivity contribution in [3.8, 4) is 11.3 Å². The van der Waals surface area contributed by atoms with Gasteiger partial charge in [0.05, 0.1) is 0 Å². The van der Waals surface area contributed by atoms with Crippen LogP contribution in [0.5, 0.6) is 0 Å². The second-order valence-corrected chi connectivity index (χ2v) is 6.36. The maximum absolute atomic E-state index is 13.0. The molecule has 0 amide bonds. The van der Waals surface area contributed by atoms with Crippen LogP contribution in [0.25, 0.3) is 11.3 Å². The fraction of sp³-hybridized carbons (Fsp3) is 0.267. The number of anilines is 1. The normalized spacial score (nSPS) is 13.8. The summed E-state index contributed by atoms with van der Waals surface area (Å²) in [5, 5.41) is 3.36. The van der Waals surface area contributed by atoms with E-state index in [0.29, 0.717) is 15.0 Å². The Morgan fingerprint density at radius 1 is 1.26 bits per heavy atom. The molecule has 1 aromatic heterocycles. The van der Waals surface area contributed by atoms with Crippen LogP contribution in [0, 0.1) is 5.82 Å². The van der Waals surface area contributed by atoms with Gasteiger partial charge < -0.3 is 0 Å². The van der Waals surface area contributed by atoms with E-state index in [1.165, 1.54) is 28.6 Å². The molecule has 1 N–H and O–H groups in total. The van der Waals surface area contributed by atoms with Crippen molar-refractivity contribution in [1.82, 2.24) is 4.98 Å². The molecule has 2 heterocycles. The first kappa shape index (κ1) is 12.6. The van der Waals surface area contributed by atoms with Crippen molar-refractivity contribution in [2.45, 2.75) is 18.7 Å². The van der Waals surface area contributed by atoms with Gasteiger partial charge >= 0.3 is 118 Å². The van der Waals surface area contributed by atoms with Crippen LogP contribution in [0.2, 0.25) is 5.82 Å². The number of nitrogens with zero attached hydrogens (tertiary/aromatic N) is 1. The Morgan fingerprint density at radius 3 is 2.79 bits per heavy atom. The second-order valence-electron chi connectivity index (χ2n) is 4.58. The van der Waals surface area contributed by atoms with Crippen LogP contribution in [-0.4, -0.2) is 26.5 Å². The quantitative estimate of drug-likeness (QED) is 0.860. The summed E-state index contributed by atoms with van der Waals surface area (Å²) in [4.78, 5) is 4.77. The van der Waals surface area contributed by atoms with Crippen LogP contribution in [0.15, 0.2) is 30.3 Å². The van der Waals surface area contributed by atoms with Crippen molar-refractivity contribution in [2.75, 3.05) is 11.9 Å². The molecule has 1 aliphatic heterocycles. The summed E-state index contributed by atoms with van der Waals surface area (Å²) in [6, 6.07) is 8.88. The van der Waals surface area contributed by atoms with Crippen LogP contribution in [0.1, 0.15) is 12.0 Å². The Kier molecular flexibility index (Phi) is 3.54.